The van der Waals surface area contributed by atoms with Gasteiger partial charge in [0, 0.05) is 5.69 Å². The zero-order valence-electron chi connectivity index (χ0n) is 13.0. The predicted molar refractivity (Wildman–Crippen MR) is 88.9 cm³/mol. The van der Waals surface area contributed by atoms with Gasteiger partial charge in [0.2, 0.25) is 0 Å². The Bertz CT molecular complexity index is 671. The highest BCUT2D eigenvalue weighted by atomic mass is 16.3. The highest BCUT2D eigenvalue weighted by Crippen LogP contribution is 2.16. The third-order valence-electron chi connectivity index (χ3n) is 3.54. The van der Waals surface area contributed by atoms with Crippen LogP contribution in [0.15, 0.2) is 54.6 Å². The molecule has 1 atom stereocenters. The number of nitrogens with one attached hydrogen (secondary N) is 2. The van der Waals surface area contributed by atoms with Gasteiger partial charge in [-0.05, 0) is 23.6 Å². The third-order valence-corrected chi connectivity index (χ3v) is 3.54. The zero-order chi connectivity index (χ0) is 16.7. The summed E-state index contributed by atoms with van der Waals surface area (Å²) in [5.41, 5.74) is 2.32. The lowest BCUT2D eigenvalue weighted by molar-refractivity contribution is -0.136. The van der Waals surface area contributed by atoms with Crippen LogP contribution in [0.3, 0.4) is 0 Å². The summed E-state index contributed by atoms with van der Waals surface area (Å²) >= 11 is 0. The van der Waals surface area contributed by atoms with Crippen molar-refractivity contribution in [1.82, 2.24) is 5.32 Å². The summed E-state index contributed by atoms with van der Waals surface area (Å²) in [6, 6.07) is 15.7. The third kappa shape index (κ3) is 4.40. The first kappa shape index (κ1) is 16.7. The van der Waals surface area contributed by atoms with Crippen LogP contribution in [0.1, 0.15) is 24.1 Å². The summed E-state index contributed by atoms with van der Waals surface area (Å²) in [5.74, 6) is -1.53. The minimum Gasteiger partial charge on any atom is -0.394 e. The molecule has 0 aliphatic rings. The molecule has 0 saturated carbocycles. The number of aliphatic hydroxyl groups is 1. The van der Waals surface area contributed by atoms with Gasteiger partial charge in [-0.15, -0.1) is 0 Å². The van der Waals surface area contributed by atoms with Crippen LogP contribution in [-0.2, 0) is 16.0 Å². The Balaban J connectivity index is 2.03. The molecule has 0 heterocycles. The maximum absolute atomic E-state index is 12.1. The molecule has 0 fully saturated rings. The van der Waals surface area contributed by atoms with E-state index in [0.717, 1.165) is 17.5 Å². The molecule has 2 aromatic rings. The quantitative estimate of drug-likeness (QED) is 0.739. The molecule has 120 valence electrons. The molecule has 0 aromatic heterocycles. The van der Waals surface area contributed by atoms with Crippen LogP contribution in [0.4, 0.5) is 5.69 Å². The van der Waals surface area contributed by atoms with E-state index in [1.807, 2.05) is 37.3 Å². The van der Waals surface area contributed by atoms with Crippen molar-refractivity contribution in [3.05, 3.63) is 65.7 Å². The lowest BCUT2D eigenvalue weighted by Crippen LogP contribution is -2.39. The van der Waals surface area contributed by atoms with E-state index in [1.54, 1.807) is 24.3 Å². The molecule has 3 N–H and O–H groups in total. The van der Waals surface area contributed by atoms with Gasteiger partial charge >= 0.3 is 11.8 Å². The molecule has 2 rings (SSSR count). The van der Waals surface area contributed by atoms with Crippen molar-refractivity contribution in [3.8, 4) is 0 Å². The van der Waals surface area contributed by atoms with E-state index in [-0.39, 0.29) is 6.61 Å². The van der Waals surface area contributed by atoms with E-state index in [1.165, 1.54) is 0 Å². The van der Waals surface area contributed by atoms with Gasteiger partial charge < -0.3 is 15.7 Å². The Morgan fingerprint density at radius 3 is 2.30 bits per heavy atom. The highest BCUT2D eigenvalue weighted by Gasteiger charge is 2.20. The van der Waals surface area contributed by atoms with Crippen molar-refractivity contribution in [3.63, 3.8) is 0 Å². The summed E-state index contributed by atoms with van der Waals surface area (Å²) in [6.07, 6.45) is 0.751. The number of rotatable bonds is 5. The van der Waals surface area contributed by atoms with Crippen molar-refractivity contribution in [1.29, 1.82) is 0 Å². The van der Waals surface area contributed by atoms with Gasteiger partial charge in [0.25, 0.3) is 0 Å². The second-order valence-electron chi connectivity index (χ2n) is 5.08. The summed E-state index contributed by atoms with van der Waals surface area (Å²) in [6.45, 7) is 1.69. The molecule has 1 unspecified atom stereocenters. The highest BCUT2D eigenvalue weighted by molar-refractivity contribution is 6.39. The van der Waals surface area contributed by atoms with Crippen molar-refractivity contribution in [2.24, 2.45) is 0 Å². The van der Waals surface area contributed by atoms with Gasteiger partial charge in [-0.1, -0.05) is 55.5 Å². The minimum atomic E-state index is -0.779. The zero-order valence-corrected chi connectivity index (χ0v) is 13.0. The van der Waals surface area contributed by atoms with E-state index < -0.39 is 17.9 Å². The Kier molecular flexibility index (Phi) is 5.88. The molecular weight excluding hydrogens is 292 g/mol. The number of anilines is 1. The largest absolute Gasteiger partial charge is 0.394 e. The molecular formula is C18H20N2O3. The van der Waals surface area contributed by atoms with Crippen LogP contribution in [-0.4, -0.2) is 23.5 Å². The van der Waals surface area contributed by atoms with Gasteiger partial charge in [0.05, 0.1) is 12.6 Å². The lowest BCUT2D eigenvalue weighted by Gasteiger charge is -2.16. The molecule has 0 spiro atoms. The van der Waals surface area contributed by atoms with Crippen LogP contribution < -0.4 is 10.6 Å². The molecule has 2 aromatic carbocycles. The molecule has 5 nitrogen and oxygen atoms in total. The number of hydrogen-bond acceptors (Lipinski definition) is 3. The molecule has 5 heteroatoms. The molecule has 0 bridgehead atoms. The first-order valence-corrected chi connectivity index (χ1v) is 7.51. The monoisotopic (exact) mass is 312 g/mol. The fourth-order valence-corrected chi connectivity index (χ4v) is 2.27. The Morgan fingerprint density at radius 2 is 1.65 bits per heavy atom. The van der Waals surface area contributed by atoms with Crippen LogP contribution >= 0.6 is 0 Å². The maximum Gasteiger partial charge on any atom is 0.313 e. The Hall–Kier alpha value is -2.66. The summed E-state index contributed by atoms with van der Waals surface area (Å²) in [4.78, 5) is 24.1. The van der Waals surface area contributed by atoms with E-state index in [4.69, 9.17) is 0 Å². The SMILES string of the molecule is CCc1ccccc1NC(=O)C(=O)NC(CO)c1ccccc1. The molecule has 0 aliphatic heterocycles. The minimum absolute atomic E-state index is 0.283. The van der Waals surface area contributed by atoms with Gasteiger partial charge in [-0.25, -0.2) is 0 Å². The van der Waals surface area contributed by atoms with Crippen LogP contribution in [0.2, 0.25) is 0 Å². The Labute approximate surface area is 135 Å². The summed E-state index contributed by atoms with van der Waals surface area (Å²) in [7, 11) is 0. The number of carbonyl (C=O) groups is 2. The molecule has 0 saturated heterocycles. The molecule has 0 aliphatic carbocycles. The van der Waals surface area contributed by atoms with E-state index in [9.17, 15) is 14.7 Å². The van der Waals surface area contributed by atoms with E-state index >= 15 is 0 Å². The number of carbonyl (C=O) groups excluding carboxylic acids is 2. The lowest BCUT2D eigenvalue weighted by atomic mass is 10.1. The Morgan fingerprint density at radius 1 is 1.00 bits per heavy atom. The van der Waals surface area contributed by atoms with E-state index in [2.05, 4.69) is 10.6 Å². The average Bonchev–Trinajstić information content (AvgIpc) is 2.60. The standard InChI is InChI=1S/C18H20N2O3/c1-2-13-8-6-7-11-15(13)19-17(22)18(23)20-16(12-21)14-9-4-3-5-10-14/h3-11,16,21H,2,12H2,1H3,(H,19,22)(H,20,23). The van der Waals surface area contributed by atoms with Gasteiger partial charge in [0.15, 0.2) is 0 Å². The normalized spacial score (nSPS) is 11.6. The van der Waals surface area contributed by atoms with E-state index in [0.29, 0.717) is 5.69 Å². The number of aryl methyl sites for hydroxylation is 1. The van der Waals surface area contributed by atoms with Crippen molar-refractivity contribution < 1.29 is 14.7 Å². The van der Waals surface area contributed by atoms with Crippen LogP contribution in [0.25, 0.3) is 0 Å². The smallest absolute Gasteiger partial charge is 0.313 e. The van der Waals surface area contributed by atoms with Gasteiger partial charge in [0.1, 0.15) is 0 Å². The number of benzene rings is 2. The van der Waals surface area contributed by atoms with Gasteiger partial charge in [-0.3, -0.25) is 9.59 Å². The fourth-order valence-electron chi connectivity index (χ4n) is 2.27. The topological polar surface area (TPSA) is 78.4 Å². The maximum atomic E-state index is 12.1. The first-order valence-electron chi connectivity index (χ1n) is 7.51. The van der Waals surface area contributed by atoms with Crippen molar-refractivity contribution in [2.45, 2.75) is 19.4 Å². The molecule has 0 radical (unpaired) electrons. The number of para-hydroxylation sites is 1. The van der Waals surface area contributed by atoms with Crippen LogP contribution in [0, 0.1) is 0 Å². The van der Waals surface area contributed by atoms with Crippen molar-refractivity contribution >= 4 is 17.5 Å². The number of hydrogen-bond donors (Lipinski definition) is 3. The summed E-state index contributed by atoms with van der Waals surface area (Å²) in [5, 5.41) is 14.6. The summed E-state index contributed by atoms with van der Waals surface area (Å²) < 4.78 is 0. The fraction of sp³-hybridized carbons (Fsp3) is 0.222. The number of amides is 2. The number of aliphatic hydroxyl groups excluding tert-OH is 1. The second kappa shape index (κ2) is 8.10. The average molecular weight is 312 g/mol. The van der Waals surface area contributed by atoms with Gasteiger partial charge in [-0.2, -0.15) is 0 Å². The molecule has 2 amide bonds. The first-order chi connectivity index (χ1) is 11.2. The molecule has 23 heavy (non-hydrogen) atoms. The predicted octanol–water partition coefficient (Wildman–Crippen LogP) is 2.04. The second-order valence-corrected chi connectivity index (χ2v) is 5.08. The van der Waals surface area contributed by atoms with Crippen molar-refractivity contribution in [2.75, 3.05) is 11.9 Å². The van der Waals surface area contributed by atoms with Crippen LogP contribution in [0.5, 0.6) is 0 Å².